The third kappa shape index (κ3) is 5.30. The Hall–Kier alpha value is -3.49. The predicted octanol–water partition coefficient (Wildman–Crippen LogP) is 5.03. The number of anilines is 1. The second kappa shape index (κ2) is 10.4. The van der Waals surface area contributed by atoms with Gasteiger partial charge in [-0.3, -0.25) is 4.79 Å². The minimum Gasteiger partial charge on any atom is -0.493 e. The van der Waals surface area contributed by atoms with E-state index in [1.807, 2.05) is 67.6 Å². The number of methoxy groups -OCH3 is 1. The van der Waals surface area contributed by atoms with E-state index in [1.165, 1.54) is 0 Å². The summed E-state index contributed by atoms with van der Waals surface area (Å²) in [6.07, 6.45) is 1.92. The van der Waals surface area contributed by atoms with E-state index in [9.17, 15) is 4.79 Å². The van der Waals surface area contributed by atoms with Crippen LogP contribution in [0, 0.1) is 0 Å². The van der Waals surface area contributed by atoms with Gasteiger partial charge in [0, 0.05) is 29.5 Å². The smallest absolute Gasteiger partial charge is 0.311 e. The molecule has 8 heteroatoms. The lowest BCUT2D eigenvalue weighted by molar-refractivity contribution is 0.268. The Bertz CT molecular complexity index is 1240. The zero-order valence-electron chi connectivity index (χ0n) is 18.6. The molecule has 170 valence electrons. The van der Waals surface area contributed by atoms with E-state index in [0.717, 1.165) is 46.1 Å². The SMILES string of the molecule is CCNCCNC1=NC(=O)S/C1=C\c1ccc(Oc2ccc(N)c3ccccc23)c(OC)c1. The summed E-state index contributed by atoms with van der Waals surface area (Å²) in [4.78, 5) is 16.7. The molecule has 4 rings (SSSR count). The molecule has 3 aromatic rings. The van der Waals surface area contributed by atoms with E-state index in [4.69, 9.17) is 15.2 Å². The Morgan fingerprint density at radius 1 is 1.03 bits per heavy atom. The van der Waals surface area contributed by atoms with Crippen molar-refractivity contribution < 1.29 is 14.3 Å². The Morgan fingerprint density at radius 2 is 1.82 bits per heavy atom. The van der Waals surface area contributed by atoms with Crippen LogP contribution in [0.25, 0.3) is 16.8 Å². The summed E-state index contributed by atoms with van der Waals surface area (Å²) in [5, 5.41) is 8.10. The minimum absolute atomic E-state index is 0.227. The molecule has 0 radical (unpaired) electrons. The highest BCUT2D eigenvalue weighted by Crippen LogP contribution is 2.38. The Balaban J connectivity index is 1.57. The van der Waals surface area contributed by atoms with E-state index in [2.05, 4.69) is 15.6 Å². The number of amidine groups is 1. The Labute approximate surface area is 197 Å². The molecular formula is C25H26N4O3S. The molecule has 0 aromatic heterocycles. The fraction of sp³-hybridized carbons (Fsp3) is 0.200. The van der Waals surface area contributed by atoms with Crippen molar-refractivity contribution in [2.75, 3.05) is 32.5 Å². The molecule has 0 aliphatic carbocycles. The number of nitrogens with one attached hydrogen (secondary N) is 2. The maximum Gasteiger partial charge on any atom is 0.311 e. The molecule has 1 heterocycles. The van der Waals surface area contributed by atoms with Gasteiger partial charge in [0.15, 0.2) is 11.5 Å². The number of thioether (sulfide) groups is 1. The topological polar surface area (TPSA) is 98.0 Å². The molecule has 4 N–H and O–H groups in total. The van der Waals surface area contributed by atoms with Crippen LogP contribution in [0.2, 0.25) is 0 Å². The van der Waals surface area contributed by atoms with Crippen LogP contribution in [0.3, 0.4) is 0 Å². The van der Waals surface area contributed by atoms with Crippen LogP contribution in [-0.2, 0) is 0 Å². The van der Waals surface area contributed by atoms with Crippen molar-refractivity contribution in [3.8, 4) is 17.2 Å². The summed E-state index contributed by atoms with van der Waals surface area (Å²) in [6, 6.07) is 17.2. The van der Waals surface area contributed by atoms with E-state index in [0.29, 0.717) is 35.3 Å². The lowest BCUT2D eigenvalue weighted by Crippen LogP contribution is -2.31. The maximum absolute atomic E-state index is 11.9. The summed E-state index contributed by atoms with van der Waals surface area (Å²) in [5.41, 5.74) is 7.68. The number of nitrogen functional groups attached to an aromatic ring is 1. The van der Waals surface area contributed by atoms with Crippen molar-refractivity contribution >= 4 is 45.4 Å². The highest BCUT2D eigenvalue weighted by atomic mass is 32.2. The molecule has 7 nitrogen and oxygen atoms in total. The lowest BCUT2D eigenvalue weighted by atomic mass is 10.1. The normalized spacial score (nSPS) is 14.5. The third-order valence-electron chi connectivity index (χ3n) is 5.10. The number of rotatable bonds is 8. The molecule has 0 saturated carbocycles. The monoisotopic (exact) mass is 462 g/mol. The van der Waals surface area contributed by atoms with Gasteiger partial charge in [-0.2, -0.15) is 4.99 Å². The van der Waals surface area contributed by atoms with Crippen molar-refractivity contribution in [3.05, 3.63) is 65.1 Å². The van der Waals surface area contributed by atoms with Crippen molar-refractivity contribution in [2.45, 2.75) is 6.92 Å². The summed E-state index contributed by atoms with van der Waals surface area (Å²) >= 11 is 1.11. The number of carbonyl (C=O) groups excluding carboxylic acids is 1. The van der Waals surface area contributed by atoms with Crippen LogP contribution < -0.4 is 25.8 Å². The first-order valence-corrected chi connectivity index (χ1v) is 11.5. The van der Waals surface area contributed by atoms with Crippen molar-refractivity contribution in [2.24, 2.45) is 4.99 Å². The van der Waals surface area contributed by atoms with E-state index < -0.39 is 0 Å². The predicted molar refractivity (Wildman–Crippen MR) is 136 cm³/mol. The molecular weight excluding hydrogens is 436 g/mol. The zero-order valence-corrected chi connectivity index (χ0v) is 19.4. The number of hydrogen-bond donors (Lipinski definition) is 3. The third-order valence-corrected chi connectivity index (χ3v) is 5.90. The molecule has 1 aliphatic rings. The number of nitrogens with zero attached hydrogens (tertiary/aromatic N) is 1. The standard InChI is InChI=1S/C25H26N4O3S/c1-3-27-12-13-28-24-23(33-25(30)29-24)15-16-8-10-21(22(14-16)31-2)32-20-11-9-19(26)17-6-4-5-7-18(17)20/h4-11,14-15,27H,3,12-13,26H2,1-2H3,(H,28,29,30)/b23-15-. The van der Waals surface area contributed by atoms with Gasteiger partial charge in [-0.15, -0.1) is 0 Å². The van der Waals surface area contributed by atoms with Crippen LogP contribution in [0.4, 0.5) is 10.5 Å². The number of fused-ring (bicyclic) bond motifs is 1. The average molecular weight is 463 g/mol. The van der Waals surface area contributed by atoms with Gasteiger partial charge in [-0.05, 0) is 54.2 Å². The summed E-state index contributed by atoms with van der Waals surface area (Å²) < 4.78 is 11.8. The van der Waals surface area contributed by atoms with Crippen LogP contribution in [0.5, 0.6) is 17.2 Å². The number of amides is 1. The van der Waals surface area contributed by atoms with Gasteiger partial charge < -0.3 is 25.8 Å². The molecule has 0 saturated heterocycles. The molecule has 0 unspecified atom stereocenters. The fourth-order valence-electron chi connectivity index (χ4n) is 3.49. The lowest BCUT2D eigenvalue weighted by Gasteiger charge is -2.14. The Morgan fingerprint density at radius 3 is 2.61 bits per heavy atom. The minimum atomic E-state index is -0.227. The Kier molecular flexibility index (Phi) is 7.16. The van der Waals surface area contributed by atoms with Crippen LogP contribution in [0.15, 0.2) is 64.5 Å². The molecule has 3 aromatic carbocycles. The van der Waals surface area contributed by atoms with Gasteiger partial charge in [0.05, 0.1) is 12.0 Å². The number of aliphatic imine (C=N–C) groups is 1. The zero-order chi connectivity index (χ0) is 23.2. The van der Waals surface area contributed by atoms with Gasteiger partial charge >= 0.3 is 5.24 Å². The fourth-order valence-corrected chi connectivity index (χ4v) is 4.23. The second-order valence-electron chi connectivity index (χ2n) is 7.33. The molecule has 1 amide bonds. The van der Waals surface area contributed by atoms with Gasteiger partial charge in [0.25, 0.3) is 0 Å². The molecule has 1 aliphatic heterocycles. The summed E-state index contributed by atoms with van der Waals surface area (Å²) in [7, 11) is 1.60. The molecule has 0 bridgehead atoms. The van der Waals surface area contributed by atoms with Crippen molar-refractivity contribution in [3.63, 3.8) is 0 Å². The van der Waals surface area contributed by atoms with Crippen LogP contribution >= 0.6 is 11.8 Å². The highest BCUT2D eigenvalue weighted by Gasteiger charge is 2.21. The van der Waals surface area contributed by atoms with Crippen LogP contribution in [0.1, 0.15) is 12.5 Å². The first-order chi connectivity index (χ1) is 16.1. The largest absolute Gasteiger partial charge is 0.493 e. The number of hydrogen-bond acceptors (Lipinski definition) is 7. The maximum atomic E-state index is 11.9. The number of nitrogens with two attached hydrogens (primary N) is 1. The number of benzene rings is 3. The number of likely N-dealkylation sites (N-methyl/N-ethyl adjacent to an activating group) is 1. The summed E-state index contributed by atoms with van der Waals surface area (Å²) in [5.74, 6) is 2.46. The van der Waals surface area contributed by atoms with Gasteiger partial charge in [-0.25, -0.2) is 0 Å². The first-order valence-electron chi connectivity index (χ1n) is 10.7. The second-order valence-corrected chi connectivity index (χ2v) is 8.32. The van der Waals surface area contributed by atoms with Crippen LogP contribution in [-0.4, -0.2) is 37.8 Å². The van der Waals surface area contributed by atoms with Gasteiger partial charge in [0.2, 0.25) is 0 Å². The van der Waals surface area contributed by atoms with E-state index in [-0.39, 0.29) is 5.24 Å². The summed E-state index contributed by atoms with van der Waals surface area (Å²) in [6.45, 7) is 4.42. The molecule has 0 fully saturated rings. The highest BCUT2D eigenvalue weighted by molar-refractivity contribution is 8.18. The first kappa shape index (κ1) is 22.7. The molecule has 0 spiro atoms. The van der Waals surface area contributed by atoms with Gasteiger partial charge in [-0.1, -0.05) is 37.3 Å². The van der Waals surface area contributed by atoms with E-state index >= 15 is 0 Å². The average Bonchev–Trinajstić information content (AvgIpc) is 3.18. The van der Waals surface area contributed by atoms with Gasteiger partial charge in [0.1, 0.15) is 11.6 Å². The van der Waals surface area contributed by atoms with Crippen molar-refractivity contribution in [1.29, 1.82) is 0 Å². The number of ether oxygens (including phenoxy) is 2. The quantitative estimate of drug-likeness (QED) is 0.319. The van der Waals surface area contributed by atoms with E-state index in [1.54, 1.807) is 7.11 Å². The molecule has 33 heavy (non-hydrogen) atoms. The van der Waals surface area contributed by atoms with Crippen molar-refractivity contribution in [1.82, 2.24) is 10.6 Å². The number of carbonyl (C=O) groups is 1. The molecule has 0 atom stereocenters.